The second kappa shape index (κ2) is 8.86. The molecule has 2 heterocycles. The second-order valence-corrected chi connectivity index (χ2v) is 8.27. The molecule has 2 aromatic rings. The van der Waals surface area contributed by atoms with Gasteiger partial charge in [0.15, 0.2) is 5.78 Å². The molecule has 1 unspecified atom stereocenters. The van der Waals surface area contributed by atoms with Crippen LogP contribution in [-0.2, 0) is 16.0 Å². The number of benzene rings is 1. The molecule has 0 spiro atoms. The average Bonchev–Trinajstić information content (AvgIpc) is 3.20. The van der Waals surface area contributed by atoms with Crippen molar-refractivity contribution in [3.05, 3.63) is 57.5 Å². The molecule has 154 valence electrons. The van der Waals surface area contributed by atoms with Crippen molar-refractivity contribution in [2.45, 2.75) is 33.1 Å². The number of rotatable bonds is 6. The highest BCUT2D eigenvalue weighted by Crippen LogP contribution is 2.36. The summed E-state index contributed by atoms with van der Waals surface area (Å²) >= 11 is 1.23. The molecular weight excluding hydrogens is 393 g/mol. The average molecular weight is 418 g/mol. The Morgan fingerprint density at radius 3 is 2.69 bits per heavy atom. The smallest absolute Gasteiger partial charge is 0.314 e. The van der Waals surface area contributed by atoms with E-state index in [2.05, 4.69) is 0 Å². The number of esters is 1. The van der Waals surface area contributed by atoms with E-state index >= 15 is 0 Å². The largest absolute Gasteiger partial charge is 0.466 e. The van der Waals surface area contributed by atoms with Gasteiger partial charge in [-0.2, -0.15) is 0 Å². The minimum Gasteiger partial charge on any atom is -0.466 e. The van der Waals surface area contributed by atoms with E-state index in [1.54, 1.807) is 41.5 Å². The zero-order valence-corrected chi connectivity index (χ0v) is 17.4. The van der Waals surface area contributed by atoms with E-state index in [1.807, 2.05) is 0 Å². The lowest BCUT2D eigenvalue weighted by atomic mass is 9.74. The zero-order chi connectivity index (χ0) is 21.0. The molecule has 7 heteroatoms. The Bertz CT molecular complexity index is 925. The number of thiophene rings is 1. The number of carbonyl (C=O) groups excluding carboxylic acids is 3. The number of ether oxygens (including phenoxy) is 1. The van der Waals surface area contributed by atoms with Crippen molar-refractivity contribution in [2.75, 3.05) is 19.7 Å². The maximum atomic E-state index is 14.3. The van der Waals surface area contributed by atoms with Gasteiger partial charge in [-0.25, -0.2) is 4.39 Å². The minimum absolute atomic E-state index is 0.0897. The highest BCUT2D eigenvalue weighted by molar-refractivity contribution is 7.12. The van der Waals surface area contributed by atoms with Gasteiger partial charge in [-0.1, -0.05) is 18.2 Å². The van der Waals surface area contributed by atoms with E-state index in [0.29, 0.717) is 35.4 Å². The van der Waals surface area contributed by atoms with Gasteiger partial charge in [-0.15, -0.1) is 11.3 Å². The van der Waals surface area contributed by atoms with Gasteiger partial charge >= 0.3 is 5.97 Å². The van der Waals surface area contributed by atoms with Crippen LogP contribution in [0.4, 0.5) is 4.39 Å². The van der Waals surface area contributed by atoms with E-state index < -0.39 is 11.4 Å². The van der Waals surface area contributed by atoms with Gasteiger partial charge < -0.3 is 9.64 Å². The fraction of sp³-hybridized carbons (Fsp3) is 0.409. The van der Waals surface area contributed by atoms with Crippen LogP contribution in [0, 0.1) is 11.2 Å². The first kappa shape index (κ1) is 21.2. The molecule has 0 bridgehead atoms. The van der Waals surface area contributed by atoms with Crippen molar-refractivity contribution in [1.82, 2.24) is 4.90 Å². The molecule has 0 saturated carbocycles. The maximum Gasteiger partial charge on any atom is 0.314 e. The molecule has 29 heavy (non-hydrogen) atoms. The Morgan fingerprint density at radius 2 is 2.03 bits per heavy atom. The number of carbonyl (C=O) groups is 3. The number of halogens is 1. The van der Waals surface area contributed by atoms with Gasteiger partial charge in [0.05, 0.1) is 22.5 Å². The van der Waals surface area contributed by atoms with Crippen LogP contribution in [0.3, 0.4) is 0 Å². The molecule has 5 nitrogen and oxygen atoms in total. The van der Waals surface area contributed by atoms with Crippen LogP contribution >= 0.6 is 11.3 Å². The molecule has 1 atom stereocenters. The highest BCUT2D eigenvalue weighted by atomic mass is 32.1. The summed E-state index contributed by atoms with van der Waals surface area (Å²) in [5, 5.41) is 1.66. The third-order valence-corrected chi connectivity index (χ3v) is 6.28. The van der Waals surface area contributed by atoms with E-state index in [1.165, 1.54) is 24.3 Å². The monoisotopic (exact) mass is 417 g/mol. The maximum absolute atomic E-state index is 14.3. The topological polar surface area (TPSA) is 63.7 Å². The number of nitrogens with zero attached hydrogens (tertiary/aromatic N) is 1. The molecule has 0 N–H and O–H groups in total. The summed E-state index contributed by atoms with van der Waals surface area (Å²) in [5.74, 6) is -1.09. The standard InChI is InChI=1S/C22H24FNO4S/c1-3-28-21(27)22(12-16-7-4-5-8-18(16)23)9-6-10-24(14-22)20(26)17-11-19(15(2)25)29-13-17/h4-5,7-8,11,13H,3,6,9-10,12,14H2,1-2H3. The lowest BCUT2D eigenvalue weighted by Crippen LogP contribution is -2.51. The number of amides is 1. The number of piperidine rings is 1. The lowest BCUT2D eigenvalue weighted by Gasteiger charge is -2.41. The molecule has 1 amide bonds. The highest BCUT2D eigenvalue weighted by Gasteiger charge is 2.45. The summed E-state index contributed by atoms with van der Waals surface area (Å²) < 4.78 is 19.6. The summed E-state index contributed by atoms with van der Waals surface area (Å²) in [7, 11) is 0. The minimum atomic E-state index is -0.995. The van der Waals surface area contributed by atoms with Crippen LogP contribution in [-0.4, -0.2) is 42.3 Å². The van der Waals surface area contributed by atoms with Gasteiger partial charge in [0, 0.05) is 18.5 Å². The summed E-state index contributed by atoms with van der Waals surface area (Å²) in [6.45, 7) is 4.07. The molecule has 1 fully saturated rings. The van der Waals surface area contributed by atoms with Crippen LogP contribution in [0.5, 0.6) is 0 Å². The summed E-state index contributed by atoms with van der Waals surface area (Å²) in [5.41, 5.74) is -0.124. The fourth-order valence-corrected chi connectivity index (χ4v) is 4.58. The van der Waals surface area contributed by atoms with Crippen molar-refractivity contribution >= 4 is 29.0 Å². The van der Waals surface area contributed by atoms with Crippen LogP contribution < -0.4 is 0 Å². The normalized spacial score (nSPS) is 19.1. The predicted octanol–water partition coefficient (Wildman–Crippen LogP) is 4.12. The summed E-state index contributed by atoms with van der Waals surface area (Å²) in [6.07, 6.45) is 1.31. The Hall–Kier alpha value is -2.54. The number of Topliss-reactive ketones (excluding diaryl/α,β-unsaturated/α-hetero) is 1. The van der Waals surface area contributed by atoms with Gasteiger partial charge in [-0.3, -0.25) is 14.4 Å². The van der Waals surface area contributed by atoms with Crippen LogP contribution in [0.1, 0.15) is 52.3 Å². The first-order chi connectivity index (χ1) is 13.9. The van der Waals surface area contributed by atoms with Crippen LogP contribution in [0.15, 0.2) is 35.7 Å². The molecule has 0 radical (unpaired) electrons. The van der Waals surface area contributed by atoms with Crippen LogP contribution in [0.2, 0.25) is 0 Å². The van der Waals surface area contributed by atoms with Crippen molar-refractivity contribution in [2.24, 2.45) is 5.41 Å². The molecule has 0 aliphatic carbocycles. The second-order valence-electron chi connectivity index (χ2n) is 7.36. The van der Waals surface area contributed by atoms with Crippen molar-refractivity contribution in [1.29, 1.82) is 0 Å². The molecule has 1 saturated heterocycles. The molecule has 1 aromatic heterocycles. The number of likely N-dealkylation sites (tertiary alicyclic amines) is 1. The van der Waals surface area contributed by atoms with E-state index in [0.717, 1.165) is 0 Å². The SMILES string of the molecule is CCOC(=O)C1(Cc2ccccc2F)CCCN(C(=O)c2csc(C(C)=O)c2)C1. The van der Waals surface area contributed by atoms with Crippen LogP contribution in [0.25, 0.3) is 0 Å². The molecule has 1 aromatic carbocycles. The molecule has 1 aliphatic heterocycles. The predicted molar refractivity (Wildman–Crippen MR) is 109 cm³/mol. The van der Waals surface area contributed by atoms with Gasteiger partial charge in [0.25, 0.3) is 5.91 Å². The number of hydrogen-bond acceptors (Lipinski definition) is 5. The van der Waals surface area contributed by atoms with E-state index in [-0.39, 0.29) is 37.1 Å². The Kier molecular flexibility index (Phi) is 6.47. The first-order valence-electron chi connectivity index (χ1n) is 9.65. The van der Waals surface area contributed by atoms with Gasteiger partial charge in [0.1, 0.15) is 5.82 Å². The summed E-state index contributed by atoms with van der Waals surface area (Å²) in [4.78, 5) is 39.6. The van der Waals surface area contributed by atoms with E-state index in [9.17, 15) is 18.8 Å². The third kappa shape index (κ3) is 4.56. The summed E-state index contributed by atoms with van der Waals surface area (Å²) in [6, 6.07) is 7.96. The quantitative estimate of drug-likeness (QED) is 0.524. The van der Waals surface area contributed by atoms with E-state index in [4.69, 9.17) is 4.74 Å². The molecular formula is C22H24FNO4S. The Balaban J connectivity index is 1.88. The molecule has 3 rings (SSSR count). The Morgan fingerprint density at radius 1 is 1.28 bits per heavy atom. The third-order valence-electron chi connectivity index (χ3n) is 5.25. The lowest BCUT2D eigenvalue weighted by molar-refractivity contribution is -0.158. The van der Waals surface area contributed by atoms with Crippen molar-refractivity contribution in [3.63, 3.8) is 0 Å². The Labute approximate surface area is 173 Å². The first-order valence-corrected chi connectivity index (χ1v) is 10.5. The molecule has 1 aliphatic rings. The van der Waals surface area contributed by atoms with Crippen molar-refractivity contribution in [3.8, 4) is 0 Å². The van der Waals surface area contributed by atoms with Gasteiger partial charge in [-0.05, 0) is 50.8 Å². The number of hydrogen-bond donors (Lipinski definition) is 0. The zero-order valence-electron chi connectivity index (χ0n) is 16.6. The fourth-order valence-electron chi connectivity index (χ4n) is 3.79. The van der Waals surface area contributed by atoms with Gasteiger partial charge in [0.2, 0.25) is 0 Å². The number of ketones is 1. The van der Waals surface area contributed by atoms with Crippen molar-refractivity contribution < 1.29 is 23.5 Å².